The van der Waals surface area contributed by atoms with Crippen LogP contribution >= 0.6 is 0 Å². The zero-order valence-corrected chi connectivity index (χ0v) is 15.8. The molecule has 27 heavy (non-hydrogen) atoms. The van der Waals surface area contributed by atoms with E-state index in [0.29, 0.717) is 18.0 Å². The maximum atomic E-state index is 12.1. The zero-order chi connectivity index (χ0) is 19.3. The van der Waals surface area contributed by atoms with E-state index in [1.807, 2.05) is 54.7 Å². The molecule has 0 saturated carbocycles. The molecular formula is C21H24N4O2. The van der Waals surface area contributed by atoms with Crippen LogP contribution in [-0.2, 0) is 18.5 Å². The second-order valence-electron chi connectivity index (χ2n) is 7.41. The van der Waals surface area contributed by atoms with Crippen molar-refractivity contribution >= 4 is 6.09 Å². The number of carbonyl (C=O) groups excluding carboxylic acids is 1. The summed E-state index contributed by atoms with van der Waals surface area (Å²) in [5, 5.41) is 10.9. The van der Waals surface area contributed by atoms with E-state index >= 15 is 0 Å². The third-order valence-corrected chi connectivity index (χ3v) is 4.10. The minimum Gasteiger partial charge on any atom is -0.410 e. The summed E-state index contributed by atoms with van der Waals surface area (Å²) in [7, 11) is 0. The van der Waals surface area contributed by atoms with E-state index in [1.165, 1.54) is 0 Å². The largest absolute Gasteiger partial charge is 0.412 e. The van der Waals surface area contributed by atoms with Crippen molar-refractivity contribution in [2.75, 3.05) is 0 Å². The number of carbonyl (C=O) groups is 1. The van der Waals surface area contributed by atoms with Crippen molar-refractivity contribution in [3.8, 4) is 5.75 Å². The van der Waals surface area contributed by atoms with Gasteiger partial charge in [-0.15, -0.1) is 5.10 Å². The Kier molecular flexibility index (Phi) is 5.54. The summed E-state index contributed by atoms with van der Waals surface area (Å²) in [4.78, 5) is 12.1. The van der Waals surface area contributed by atoms with Gasteiger partial charge in [0.1, 0.15) is 11.4 Å². The van der Waals surface area contributed by atoms with Gasteiger partial charge in [0.05, 0.1) is 19.3 Å². The Labute approximate surface area is 159 Å². The summed E-state index contributed by atoms with van der Waals surface area (Å²) in [6, 6.07) is 17.6. The van der Waals surface area contributed by atoms with Crippen LogP contribution in [0.5, 0.6) is 5.75 Å². The molecular weight excluding hydrogens is 340 g/mol. The number of nitrogens with zero attached hydrogens (tertiary/aromatic N) is 3. The monoisotopic (exact) mass is 364 g/mol. The van der Waals surface area contributed by atoms with Gasteiger partial charge in [-0.1, -0.05) is 68.4 Å². The van der Waals surface area contributed by atoms with Crippen molar-refractivity contribution in [3.63, 3.8) is 0 Å². The zero-order valence-electron chi connectivity index (χ0n) is 15.8. The van der Waals surface area contributed by atoms with Crippen LogP contribution in [0.15, 0.2) is 60.8 Å². The van der Waals surface area contributed by atoms with Crippen molar-refractivity contribution in [1.29, 1.82) is 0 Å². The van der Waals surface area contributed by atoms with E-state index in [-0.39, 0.29) is 12.0 Å². The highest BCUT2D eigenvalue weighted by atomic mass is 16.6. The molecule has 0 atom stereocenters. The van der Waals surface area contributed by atoms with Gasteiger partial charge in [0.25, 0.3) is 0 Å². The van der Waals surface area contributed by atoms with Crippen LogP contribution < -0.4 is 10.1 Å². The van der Waals surface area contributed by atoms with Crippen molar-refractivity contribution in [1.82, 2.24) is 20.3 Å². The Morgan fingerprint density at radius 3 is 2.63 bits per heavy atom. The quantitative estimate of drug-likeness (QED) is 0.745. The number of benzene rings is 2. The van der Waals surface area contributed by atoms with E-state index in [2.05, 4.69) is 36.4 Å². The minimum atomic E-state index is -0.515. The van der Waals surface area contributed by atoms with Crippen LogP contribution in [0, 0.1) is 0 Å². The maximum Gasteiger partial charge on any atom is 0.412 e. The van der Waals surface area contributed by atoms with Crippen LogP contribution in [0.4, 0.5) is 4.79 Å². The first-order valence-electron chi connectivity index (χ1n) is 8.89. The summed E-state index contributed by atoms with van der Waals surface area (Å²) >= 11 is 0. The lowest BCUT2D eigenvalue weighted by Crippen LogP contribution is -2.26. The Hall–Kier alpha value is -3.15. The fourth-order valence-electron chi connectivity index (χ4n) is 2.60. The van der Waals surface area contributed by atoms with Crippen LogP contribution in [0.3, 0.4) is 0 Å². The minimum absolute atomic E-state index is 0.00684. The van der Waals surface area contributed by atoms with Crippen molar-refractivity contribution in [2.45, 2.75) is 39.3 Å². The summed E-state index contributed by atoms with van der Waals surface area (Å²) < 4.78 is 7.11. The Morgan fingerprint density at radius 2 is 1.89 bits per heavy atom. The van der Waals surface area contributed by atoms with Gasteiger partial charge in [-0.25, -0.2) is 9.48 Å². The second kappa shape index (κ2) is 8.03. The molecule has 0 bridgehead atoms. The first kappa shape index (κ1) is 18.6. The SMILES string of the molecule is CC(C)(C)c1cccc(OC(=O)NCc2cn(Cc3ccccc3)nn2)c1. The molecule has 0 aliphatic carbocycles. The van der Waals surface area contributed by atoms with Gasteiger partial charge in [0.15, 0.2) is 0 Å². The molecule has 0 aliphatic rings. The topological polar surface area (TPSA) is 69.0 Å². The number of rotatable bonds is 5. The number of aromatic nitrogens is 3. The third kappa shape index (κ3) is 5.41. The average Bonchev–Trinajstić information content (AvgIpc) is 3.08. The summed E-state index contributed by atoms with van der Waals surface area (Å²) in [5.41, 5.74) is 2.91. The highest BCUT2D eigenvalue weighted by Gasteiger charge is 2.15. The lowest BCUT2D eigenvalue weighted by atomic mass is 9.87. The lowest BCUT2D eigenvalue weighted by Gasteiger charge is -2.19. The number of ether oxygens (including phenoxy) is 1. The van der Waals surface area contributed by atoms with E-state index in [4.69, 9.17) is 4.74 Å². The van der Waals surface area contributed by atoms with E-state index in [0.717, 1.165) is 11.1 Å². The summed E-state index contributed by atoms with van der Waals surface area (Å²) in [6.45, 7) is 7.24. The molecule has 0 fully saturated rings. The normalized spacial score (nSPS) is 11.2. The van der Waals surface area contributed by atoms with Crippen LogP contribution in [-0.4, -0.2) is 21.1 Å². The molecule has 1 amide bonds. The van der Waals surface area contributed by atoms with E-state index < -0.39 is 6.09 Å². The van der Waals surface area contributed by atoms with Crippen LogP contribution in [0.2, 0.25) is 0 Å². The lowest BCUT2D eigenvalue weighted by molar-refractivity contribution is 0.199. The summed E-state index contributed by atoms with van der Waals surface area (Å²) in [5.74, 6) is 0.521. The average molecular weight is 364 g/mol. The molecule has 0 radical (unpaired) electrons. The number of amides is 1. The fraction of sp³-hybridized carbons (Fsp3) is 0.286. The number of hydrogen-bond donors (Lipinski definition) is 1. The molecule has 0 saturated heterocycles. The molecule has 3 aromatic rings. The van der Waals surface area contributed by atoms with Gasteiger partial charge < -0.3 is 10.1 Å². The van der Waals surface area contributed by atoms with Gasteiger partial charge in [-0.05, 0) is 28.7 Å². The standard InChI is InChI=1S/C21H24N4O2/c1-21(2,3)17-10-7-11-19(12-17)27-20(26)22-13-18-15-25(24-23-18)14-16-8-5-4-6-9-16/h4-12,15H,13-14H2,1-3H3,(H,22,26). The Morgan fingerprint density at radius 1 is 1.11 bits per heavy atom. The third-order valence-electron chi connectivity index (χ3n) is 4.10. The molecule has 2 aromatic carbocycles. The number of nitrogens with one attached hydrogen (secondary N) is 1. The van der Waals surface area contributed by atoms with Gasteiger partial charge >= 0.3 is 6.09 Å². The van der Waals surface area contributed by atoms with E-state index in [1.54, 1.807) is 10.7 Å². The molecule has 0 spiro atoms. The predicted octanol–water partition coefficient (Wildman–Crippen LogP) is 3.91. The van der Waals surface area contributed by atoms with Crippen molar-refractivity contribution in [2.24, 2.45) is 0 Å². The Bertz CT molecular complexity index is 898. The second-order valence-corrected chi connectivity index (χ2v) is 7.41. The fourth-order valence-corrected chi connectivity index (χ4v) is 2.60. The highest BCUT2D eigenvalue weighted by Crippen LogP contribution is 2.25. The predicted molar refractivity (Wildman–Crippen MR) is 104 cm³/mol. The molecule has 6 heteroatoms. The van der Waals surface area contributed by atoms with Gasteiger partial charge in [-0.3, -0.25) is 0 Å². The first-order valence-corrected chi connectivity index (χ1v) is 8.89. The van der Waals surface area contributed by atoms with Gasteiger partial charge in [0.2, 0.25) is 0 Å². The van der Waals surface area contributed by atoms with Crippen LogP contribution in [0.1, 0.15) is 37.6 Å². The Balaban J connectivity index is 1.52. The highest BCUT2D eigenvalue weighted by molar-refractivity contribution is 5.70. The van der Waals surface area contributed by atoms with Crippen LogP contribution in [0.25, 0.3) is 0 Å². The number of hydrogen-bond acceptors (Lipinski definition) is 4. The van der Waals surface area contributed by atoms with Gasteiger partial charge in [-0.2, -0.15) is 0 Å². The van der Waals surface area contributed by atoms with Crippen molar-refractivity contribution < 1.29 is 9.53 Å². The maximum absolute atomic E-state index is 12.1. The molecule has 0 aliphatic heterocycles. The molecule has 0 unspecified atom stereocenters. The molecule has 1 N–H and O–H groups in total. The first-order chi connectivity index (χ1) is 12.9. The van der Waals surface area contributed by atoms with Crippen molar-refractivity contribution in [3.05, 3.63) is 77.6 Å². The smallest absolute Gasteiger partial charge is 0.410 e. The van der Waals surface area contributed by atoms with Gasteiger partial charge in [0, 0.05) is 0 Å². The molecule has 140 valence electrons. The molecule has 1 heterocycles. The summed E-state index contributed by atoms with van der Waals surface area (Å²) in [6.07, 6.45) is 1.30. The molecule has 1 aromatic heterocycles. The molecule has 6 nitrogen and oxygen atoms in total. The van der Waals surface area contributed by atoms with E-state index in [9.17, 15) is 4.79 Å². The molecule has 3 rings (SSSR count).